The summed E-state index contributed by atoms with van der Waals surface area (Å²) in [7, 11) is 1.80. The van der Waals surface area contributed by atoms with Crippen molar-refractivity contribution in [1.29, 1.82) is 0 Å². The molecule has 1 heterocycles. The van der Waals surface area contributed by atoms with E-state index in [0.29, 0.717) is 12.2 Å². The van der Waals surface area contributed by atoms with Gasteiger partial charge in [-0.3, -0.25) is 4.79 Å². The Hall–Kier alpha value is -2.36. The molecule has 0 atom stereocenters. The molecule has 0 saturated carbocycles. The van der Waals surface area contributed by atoms with E-state index in [9.17, 15) is 4.79 Å². The van der Waals surface area contributed by atoms with Crippen molar-refractivity contribution in [2.45, 2.75) is 20.4 Å². The predicted octanol–water partition coefficient (Wildman–Crippen LogP) is 3.09. The monoisotopic (exact) mass is 283 g/mol. The van der Waals surface area contributed by atoms with Crippen LogP contribution in [0.5, 0.6) is 0 Å². The topological polar surface area (TPSA) is 45.2 Å². The molecule has 0 spiro atoms. The van der Waals surface area contributed by atoms with Crippen molar-refractivity contribution in [2.75, 3.05) is 18.9 Å². The summed E-state index contributed by atoms with van der Waals surface area (Å²) in [5.74, 6) is -0.0682. The third kappa shape index (κ3) is 3.81. The lowest BCUT2D eigenvalue weighted by Gasteiger charge is -2.18. The van der Waals surface area contributed by atoms with Crippen LogP contribution in [0.3, 0.4) is 0 Å². The molecule has 110 valence electrons. The molecule has 0 aliphatic carbocycles. The summed E-state index contributed by atoms with van der Waals surface area (Å²) in [5, 5.41) is 3.16. The first-order valence-corrected chi connectivity index (χ1v) is 7.11. The van der Waals surface area contributed by atoms with Gasteiger partial charge in [0.15, 0.2) is 0 Å². The lowest BCUT2D eigenvalue weighted by Crippen LogP contribution is -2.27. The maximum absolute atomic E-state index is 12.4. The lowest BCUT2D eigenvalue weighted by molar-refractivity contribution is 0.0779. The van der Waals surface area contributed by atoms with Crippen LogP contribution in [0.25, 0.3) is 0 Å². The molecule has 1 amide bonds. The van der Waals surface area contributed by atoms with Crippen molar-refractivity contribution in [3.8, 4) is 0 Å². The molecule has 0 aliphatic heterocycles. The Kier molecular flexibility index (Phi) is 4.93. The highest BCUT2D eigenvalue weighted by Crippen LogP contribution is 2.12. The summed E-state index contributed by atoms with van der Waals surface area (Å²) >= 11 is 0. The van der Waals surface area contributed by atoms with Crippen molar-refractivity contribution < 1.29 is 4.79 Å². The minimum atomic E-state index is -0.0682. The molecule has 1 aromatic carbocycles. The number of pyridine rings is 1. The number of nitrogens with zero attached hydrogens (tertiary/aromatic N) is 2. The standard InChI is InChI=1S/C17H21N3O/c1-4-18-15-9-10-16(19-11-15)17(21)20(3)12-14-8-6-5-7-13(14)2/h5-11,18H,4,12H2,1-3H3. The third-order valence-corrected chi connectivity index (χ3v) is 3.38. The Morgan fingerprint density at radius 1 is 1.24 bits per heavy atom. The predicted molar refractivity (Wildman–Crippen MR) is 85.4 cm³/mol. The first-order chi connectivity index (χ1) is 10.1. The third-order valence-electron chi connectivity index (χ3n) is 3.38. The zero-order chi connectivity index (χ0) is 15.2. The van der Waals surface area contributed by atoms with Gasteiger partial charge in [-0.15, -0.1) is 0 Å². The number of rotatable bonds is 5. The van der Waals surface area contributed by atoms with Crippen LogP contribution in [0.15, 0.2) is 42.6 Å². The van der Waals surface area contributed by atoms with Crippen LogP contribution in [0.2, 0.25) is 0 Å². The quantitative estimate of drug-likeness (QED) is 0.917. The van der Waals surface area contributed by atoms with Crippen LogP contribution in [-0.2, 0) is 6.54 Å². The van der Waals surface area contributed by atoms with Crippen molar-refractivity contribution in [3.05, 3.63) is 59.4 Å². The van der Waals surface area contributed by atoms with Gasteiger partial charge >= 0.3 is 0 Å². The smallest absolute Gasteiger partial charge is 0.272 e. The van der Waals surface area contributed by atoms with E-state index in [0.717, 1.165) is 17.8 Å². The molecule has 0 unspecified atom stereocenters. The normalized spacial score (nSPS) is 10.2. The zero-order valence-corrected chi connectivity index (χ0v) is 12.8. The molecular weight excluding hydrogens is 262 g/mol. The van der Waals surface area contributed by atoms with Crippen molar-refractivity contribution in [1.82, 2.24) is 9.88 Å². The number of anilines is 1. The number of carbonyl (C=O) groups is 1. The summed E-state index contributed by atoms with van der Waals surface area (Å²) < 4.78 is 0. The fraction of sp³-hybridized carbons (Fsp3) is 0.294. The van der Waals surface area contributed by atoms with Gasteiger partial charge in [-0.05, 0) is 37.1 Å². The fourth-order valence-corrected chi connectivity index (χ4v) is 2.14. The second kappa shape index (κ2) is 6.88. The molecule has 1 aromatic heterocycles. The Morgan fingerprint density at radius 3 is 2.62 bits per heavy atom. The van der Waals surface area contributed by atoms with Gasteiger partial charge in [0.25, 0.3) is 5.91 Å². The Morgan fingerprint density at radius 2 is 2.00 bits per heavy atom. The number of aryl methyl sites for hydroxylation is 1. The molecule has 2 aromatic rings. The molecule has 0 radical (unpaired) electrons. The summed E-state index contributed by atoms with van der Waals surface area (Å²) in [6.07, 6.45) is 1.69. The maximum Gasteiger partial charge on any atom is 0.272 e. The highest BCUT2D eigenvalue weighted by atomic mass is 16.2. The Balaban J connectivity index is 2.07. The molecule has 0 fully saturated rings. The van der Waals surface area contributed by atoms with E-state index < -0.39 is 0 Å². The van der Waals surface area contributed by atoms with Crippen molar-refractivity contribution in [2.24, 2.45) is 0 Å². The average Bonchev–Trinajstić information content (AvgIpc) is 2.50. The fourth-order valence-electron chi connectivity index (χ4n) is 2.14. The van der Waals surface area contributed by atoms with Gasteiger partial charge in [0, 0.05) is 20.1 Å². The summed E-state index contributed by atoms with van der Waals surface area (Å²) in [5.41, 5.74) is 3.73. The maximum atomic E-state index is 12.4. The van der Waals surface area contributed by atoms with Gasteiger partial charge in [0.2, 0.25) is 0 Å². The van der Waals surface area contributed by atoms with Gasteiger partial charge in [-0.25, -0.2) is 4.98 Å². The molecule has 0 saturated heterocycles. The highest BCUT2D eigenvalue weighted by Gasteiger charge is 2.14. The van der Waals surface area contributed by atoms with Crippen LogP contribution in [-0.4, -0.2) is 29.4 Å². The summed E-state index contributed by atoms with van der Waals surface area (Å²) in [6.45, 7) is 5.50. The van der Waals surface area contributed by atoms with Crippen LogP contribution in [0.4, 0.5) is 5.69 Å². The molecular formula is C17H21N3O. The number of benzene rings is 1. The molecule has 4 heteroatoms. The first kappa shape index (κ1) is 15.0. The summed E-state index contributed by atoms with van der Waals surface area (Å²) in [4.78, 5) is 18.3. The van der Waals surface area contributed by atoms with Gasteiger partial charge in [-0.2, -0.15) is 0 Å². The van der Waals surface area contributed by atoms with E-state index in [2.05, 4.69) is 23.3 Å². The van der Waals surface area contributed by atoms with E-state index in [1.165, 1.54) is 5.56 Å². The van der Waals surface area contributed by atoms with Crippen molar-refractivity contribution in [3.63, 3.8) is 0 Å². The number of aromatic nitrogens is 1. The van der Waals surface area contributed by atoms with E-state index in [-0.39, 0.29) is 5.91 Å². The Bertz CT molecular complexity index is 608. The number of nitrogens with one attached hydrogen (secondary N) is 1. The van der Waals surface area contributed by atoms with Gasteiger partial charge in [-0.1, -0.05) is 24.3 Å². The number of hydrogen-bond donors (Lipinski definition) is 1. The Labute approximate surface area is 125 Å². The number of amides is 1. The van der Waals surface area contributed by atoms with E-state index in [4.69, 9.17) is 0 Å². The molecule has 0 aliphatic rings. The molecule has 0 bridgehead atoms. The van der Waals surface area contributed by atoms with E-state index in [1.807, 2.05) is 31.2 Å². The average molecular weight is 283 g/mol. The van der Waals surface area contributed by atoms with Crippen molar-refractivity contribution >= 4 is 11.6 Å². The first-order valence-electron chi connectivity index (χ1n) is 7.11. The SMILES string of the molecule is CCNc1ccc(C(=O)N(C)Cc2ccccc2C)nc1. The van der Waals surface area contributed by atoms with Gasteiger partial charge in [0.05, 0.1) is 11.9 Å². The second-order valence-corrected chi connectivity index (χ2v) is 5.05. The molecule has 21 heavy (non-hydrogen) atoms. The molecule has 1 N–H and O–H groups in total. The van der Waals surface area contributed by atoms with Crippen LogP contribution in [0.1, 0.15) is 28.5 Å². The van der Waals surface area contributed by atoms with Crippen LogP contribution < -0.4 is 5.32 Å². The highest BCUT2D eigenvalue weighted by molar-refractivity contribution is 5.92. The van der Waals surface area contributed by atoms with Crippen LogP contribution in [0, 0.1) is 6.92 Å². The van der Waals surface area contributed by atoms with Gasteiger partial charge < -0.3 is 10.2 Å². The van der Waals surface area contributed by atoms with Crippen LogP contribution >= 0.6 is 0 Å². The summed E-state index contributed by atoms with van der Waals surface area (Å²) in [6, 6.07) is 11.7. The van der Waals surface area contributed by atoms with Gasteiger partial charge in [0.1, 0.15) is 5.69 Å². The minimum Gasteiger partial charge on any atom is -0.384 e. The number of carbonyl (C=O) groups excluding carboxylic acids is 1. The molecule has 2 rings (SSSR count). The van der Waals surface area contributed by atoms with E-state index in [1.54, 1.807) is 24.2 Å². The second-order valence-electron chi connectivity index (χ2n) is 5.05. The van der Waals surface area contributed by atoms with E-state index >= 15 is 0 Å². The lowest BCUT2D eigenvalue weighted by atomic mass is 10.1. The number of hydrogen-bond acceptors (Lipinski definition) is 3. The largest absolute Gasteiger partial charge is 0.384 e. The molecule has 4 nitrogen and oxygen atoms in total. The minimum absolute atomic E-state index is 0.0682. The zero-order valence-electron chi connectivity index (χ0n) is 12.8.